The van der Waals surface area contributed by atoms with Gasteiger partial charge < -0.3 is 29.1 Å². The van der Waals surface area contributed by atoms with E-state index < -0.39 is 49.8 Å². The summed E-state index contributed by atoms with van der Waals surface area (Å²) in [6, 6.07) is 16.8. The van der Waals surface area contributed by atoms with Crippen LogP contribution in [-0.4, -0.2) is 65.5 Å². The second-order valence-electron chi connectivity index (χ2n) is 12.1. The lowest BCUT2D eigenvalue weighted by atomic mass is 10.1. The number of sulfonamides is 2. The highest BCUT2D eigenvalue weighted by Gasteiger charge is 2.25. The third-order valence-corrected chi connectivity index (χ3v) is 10.5. The lowest BCUT2D eigenvalue weighted by Crippen LogP contribution is -2.29. The van der Waals surface area contributed by atoms with E-state index in [1.165, 1.54) is 42.5 Å². The Kier molecular flexibility index (Phi) is 11.4. The van der Waals surface area contributed by atoms with Gasteiger partial charge in [-0.1, -0.05) is 18.2 Å². The van der Waals surface area contributed by atoms with Crippen molar-refractivity contribution in [1.29, 1.82) is 0 Å². The number of carbonyl (C=O) groups excluding carboxylic acids is 1. The largest absolute Gasteiger partial charge is 0.454 e. The standard InChI is InChI=1S/C18H14F3N3O5S.C17H17FN2O5S/c1-30(25,26)24(12-4-5-14-15(7-12)28-9-27-14)8-11-3-2-10(6-13(11)19)17-22-23-18(29-17)16(20)21;1-26(22,23)20(13-4-5-16-17(7-13)25-10-24-16)9-12-3-2-11(6-14(12)18)15(21)8-19/h2-7,16H,8-9H2,1H3;2-7H,8-10,19H2,1H3. The molecule has 4 aromatic carbocycles. The average Bonchev–Trinajstić information content (AvgIpc) is 3.94. The summed E-state index contributed by atoms with van der Waals surface area (Å²) in [5, 5.41) is 6.66. The lowest BCUT2D eigenvalue weighted by molar-refractivity contribution is 0.100. The Hall–Kier alpha value is -5.93. The van der Waals surface area contributed by atoms with Crippen molar-refractivity contribution in [2.45, 2.75) is 19.5 Å². The van der Waals surface area contributed by atoms with Crippen LogP contribution in [0.4, 0.5) is 28.9 Å². The number of hydrogen-bond donors (Lipinski definition) is 1. The second-order valence-corrected chi connectivity index (χ2v) is 15.9. The first-order valence-corrected chi connectivity index (χ1v) is 19.9. The number of carbonyl (C=O) groups is 1. The summed E-state index contributed by atoms with van der Waals surface area (Å²) in [5.41, 5.74) is 6.26. The summed E-state index contributed by atoms with van der Waals surface area (Å²) < 4.78 is 131. The number of nitrogens with two attached hydrogens (primary N) is 1. The van der Waals surface area contributed by atoms with Gasteiger partial charge in [-0.25, -0.2) is 25.6 Å². The van der Waals surface area contributed by atoms with E-state index >= 15 is 0 Å². The van der Waals surface area contributed by atoms with Crippen LogP contribution >= 0.6 is 0 Å². The molecule has 0 saturated heterocycles. The summed E-state index contributed by atoms with van der Waals surface area (Å²) in [6.45, 7) is -0.691. The van der Waals surface area contributed by atoms with Gasteiger partial charge in [-0.05, 0) is 42.5 Å². The highest BCUT2D eigenvalue weighted by atomic mass is 32.2. The molecule has 0 fully saturated rings. The third kappa shape index (κ3) is 8.95. The Morgan fingerprint density at radius 3 is 1.66 bits per heavy atom. The summed E-state index contributed by atoms with van der Waals surface area (Å²) in [5.74, 6) is -1.21. The number of Topliss-reactive ketones (excluding diaryl/α,β-unsaturated/α-hetero) is 1. The van der Waals surface area contributed by atoms with Crippen molar-refractivity contribution in [3.05, 3.63) is 107 Å². The average molecular weight is 822 g/mol. The number of halogens is 4. The van der Waals surface area contributed by atoms with Gasteiger partial charge in [0, 0.05) is 34.4 Å². The van der Waals surface area contributed by atoms with E-state index in [1.54, 1.807) is 18.2 Å². The Morgan fingerprint density at radius 2 is 1.21 bits per heavy atom. The fraction of sp³-hybridized carbons (Fsp3) is 0.229. The van der Waals surface area contributed by atoms with Gasteiger partial charge in [0.2, 0.25) is 39.5 Å². The Balaban J connectivity index is 0.000000192. The Bertz CT molecular complexity index is 2500. The van der Waals surface area contributed by atoms with Crippen molar-refractivity contribution in [2.75, 3.05) is 41.3 Å². The molecular weight excluding hydrogens is 791 g/mol. The van der Waals surface area contributed by atoms with Gasteiger partial charge in [0.05, 0.1) is 43.5 Å². The molecule has 2 aliphatic heterocycles. The van der Waals surface area contributed by atoms with Crippen LogP contribution in [0.15, 0.2) is 77.2 Å². The second kappa shape index (κ2) is 16.0. The molecule has 1 aromatic heterocycles. The van der Waals surface area contributed by atoms with Gasteiger partial charge in [-0.15, -0.1) is 10.2 Å². The molecule has 0 unspecified atom stereocenters. The zero-order chi connectivity index (χ0) is 40.4. The molecule has 7 rings (SSSR count). The van der Waals surface area contributed by atoms with Crippen molar-refractivity contribution in [3.63, 3.8) is 0 Å². The fourth-order valence-corrected chi connectivity index (χ4v) is 7.15. The summed E-state index contributed by atoms with van der Waals surface area (Å²) in [6.07, 6.45) is -0.920. The van der Waals surface area contributed by atoms with Gasteiger partial charge in [0.25, 0.3) is 5.89 Å². The predicted octanol–water partition coefficient (Wildman–Crippen LogP) is 5.17. The van der Waals surface area contributed by atoms with Crippen molar-refractivity contribution < 1.29 is 62.6 Å². The van der Waals surface area contributed by atoms with E-state index in [0.29, 0.717) is 28.7 Å². The molecule has 0 saturated carbocycles. The van der Waals surface area contributed by atoms with Crippen LogP contribution in [0.5, 0.6) is 23.0 Å². The number of nitrogens with zero attached hydrogens (tertiary/aromatic N) is 4. The minimum absolute atomic E-state index is 0.0245. The van der Waals surface area contributed by atoms with Crippen LogP contribution in [0.2, 0.25) is 0 Å². The number of hydrogen-bond acceptors (Lipinski definition) is 13. The number of alkyl halides is 2. The number of anilines is 2. The van der Waals surface area contributed by atoms with Gasteiger partial charge in [-0.3, -0.25) is 13.4 Å². The molecule has 0 atom stereocenters. The van der Waals surface area contributed by atoms with E-state index in [0.717, 1.165) is 33.3 Å². The molecule has 2 aliphatic rings. The zero-order valence-corrected chi connectivity index (χ0v) is 31.0. The number of rotatable bonds is 12. The van der Waals surface area contributed by atoms with Crippen LogP contribution in [0.3, 0.4) is 0 Å². The van der Waals surface area contributed by atoms with Crippen molar-refractivity contribution >= 4 is 37.2 Å². The maximum atomic E-state index is 14.7. The molecule has 15 nitrogen and oxygen atoms in total. The highest BCUT2D eigenvalue weighted by Crippen LogP contribution is 2.38. The third-order valence-electron chi connectivity index (χ3n) is 8.20. The minimum atomic E-state index is -3.77. The fourth-order valence-electron chi connectivity index (χ4n) is 5.40. The molecule has 21 heteroatoms. The quantitative estimate of drug-likeness (QED) is 0.128. The number of ketones is 1. The molecule has 0 radical (unpaired) electrons. The van der Waals surface area contributed by atoms with E-state index in [-0.39, 0.29) is 67.1 Å². The van der Waals surface area contributed by atoms with Crippen molar-refractivity contribution in [3.8, 4) is 34.5 Å². The van der Waals surface area contributed by atoms with Gasteiger partial charge in [0.15, 0.2) is 28.8 Å². The first kappa shape index (κ1) is 39.8. The number of benzene rings is 4. The normalized spacial score (nSPS) is 13.0. The van der Waals surface area contributed by atoms with Crippen LogP contribution in [0, 0.1) is 11.6 Å². The highest BCUT2D eigenvalue weighted by molar-refractivity contribution is 7.92. The molecular formula is C35H31F4N5O10S2. The maximum absolute atomic E-state index is 14.7. The van der Waals surface area contributed by atoms with E-state index in [2.05, 4.69) is 10.2 Å². The monoisotopic (exact) mass is 821 g/mol. The number of aromatic nitrogens is 2. The molecule has 5 aromatic rings. The van der Waals surface area contributed by atoms with Gasteiger partial charge >= 0.3 is 6.43 Å². The van der Waals surface area contributed by atoms with Crippen LogP contribution in [0.25, 0.3) is 11.5 Å². The molecule has 0 aliphatic carbocycles. The van der Waals surface area contributed by atoms with Gasteiger partial charge in [-0.2, -0.15) is 8.78 Å². The molecule has 296 valence electrons. The summed E-state index contributed by atoms with van der Waals surface area (Å²) >= 11 is 0. The topological polar surface area (TPSA) is 194 Å². The Labute approximate surface area is 317 Å². The van der Waals surface area contributed by atoms with E-state index in [1.807, 2.05) is 0 Å². The van der Waals surface area contributed by atoms with Crippen molar-refractivity contribution in [1.82, 2.24) is 10.2 Å². The predicted molar refractivity (Wildman–Crippen MR) is 192 cm³/mol. The lowest BCUT2D eigenvalue weighted by Gasteiger charge is -2.23. The van der Waals surface area contributed by atoms with E-state index in [4.69, 9.17) is 29.1 Å². The first-order valence-electron chi connectivity index (χ1n) is 16.2. The van der Waals surface area contributed by atoms with Crippen molar-refractivity contribution in [2.24, 2.45) is 5.73 Å². The number of fused-ring (bicyclic) bond motifs is 2. The van der Waals surface area contributed by atoms with Crippen LogP contribution in [-0.2, 0) is 33.1 Å². The van der Waals surface area contributed by atoms with Crippen LogP contribution < -0.4 is 33.3 Å². The number of ether oxygens (including phenoxy) is 4. The smallest absolute Gasteiger partial charge is 0.314 e. The Morgan fingerprint density at radius 1 is 0.714 bits per heavy atom. The first-order chi connectivity index (χ1) is 26.5. The molecule has 0 spiro atoms. The molecule has 0 amide bonds. The SMILES string of the molecule is CS(=O)(=O)N(Cc1ccc(-c2nnc(C(F)F)o2)cc1F)c1ccc2c(c1)OCO2.CS(=O)(=O)N(Cc1ccc(C(=O)CN)cc1F)c1ccc2c(c1)OCO2. The maximum Gasteiger partial charge on any atom is 0.314 e. The summed E-state index contributed by atoms with van der Waals surface area (Å²) in [4.78, 5) is 11.6. The summed E-state index contributed by atoms with van der Waals surface area (Å²) in [7, 11) is -7.47. The van der Waals surface area contributed by atoms with Crippen LogP contribution in [0.1, 0.15) is 33.8 Å². The minimum Gasteiger partial charge on any atom is -0.454 e. The zero-order valence-electron chi connectivity index (χ0n) is 29.3. The molecule has 3 heterocycles. The molecule has 0 bridgehead atoms. The van der Waals surface area contributed by atoms with E-state index in [9.17, 15) is 39.2 Å². The molecule has 2 N–H and O–H groups in total. The molecule has 56 heavy (non-hydrogen) atoms. The van der Waals surface area contributed by atoms with Gasteiger partial charge in [0.1, 0.15) is 11.6 Å².